The van der Waals surface area contributed by atoms with E-state index in [0.717, 1.165) is 30.8 Å². The first-order valence-corrected chi connectivity index (χ1v) is 8.41. The molecule has 3 rings (SSSR count). The molecule has 0 spiro atoms. The van der Waals surface area contributed by atoms with Crippen molar-refractivity contribution in [2.75, 3.05) is 26.7 Å². The second-order valence-electron chi connectivity index (χ2n) is 6.57. The zero-order valence-corrected chi connectivity index (χ0v) is 13.3. The van der Waals surface area contributed by atoms with E-state index in [1.54, 1.807) is 7.11 Å². The average Bonchev–Trinajstić information content (AvgIpc) is 3.14. The minimum absolute atomic E-state index is 0.416. The summed E-state index contributed by atoms with van der Waals surface area (Å²) in [6.07, 6.45) is 5.46. The summed E-state index contributed by atoms with van der Waals surface area (Å²) in [5.74, 6) is 1.92. The van der Waals surface area contributed by atoms with Crippen LogP contribution in [-0.4, -0.2) is 37.7 Å². The Balaban J connectivity index is 1.70. The van der Waals surface area contributed by atoms with Gasteiger partial charge in [0, 0.05) is 25.2 Å². The first-order valence-electron chi connectivity index (χ1n) is 8.41. The number of piperidine rings is 1. The molecule has 2 aliphatic rings. The minimum Gasteiger partial charge on any atom is -0.497 e. The summed E-state index contributed by atoms with van der Waals surface area (Å²) < 4.78 is 5.39. The van der Waals surface area contributed by atoms with Gasteiger partial charge in [0.1, 0.15) is 5.75 Å². The highest BCUT2D eigenvalue weighted by molar-refractivity contribution is 5.30. The monoisotopic (exact) mass is 288 g/mol. The van der Waals surface area contributed by atoms with Crippen LogP contribution < -0.4 is 10.1 Å². The molecule has 1 N–H and O–H groups in total. The van der Waals surface area contributed by atoms with Crippen molar-refractivity contribution in [1.82, 2.24) is 10.2 Å². The third-order valence-electron chi connectivity index (χ3n) is 5.08. The molecule has 1 aromatic rings. The molecule has 0 aromatic heterocycles. The maximum Gasteiger partial charge on any atom is 0.119 e. The fraction of sp³-hybridized carbons (Fsp3) is 0.667. The van der Waals surface area contributed by atoms with Gasteiger partial charge in [0.2, 0.25) is 0 Å². The van der Waals surface area contributed by atoms with Crippen molar-refractivity contribution in [3.8, 4) is 5.75 Å². The van der Waals surface area contributed by atoms with Crippen molar-refractivity contribution >= 4 is 0 Å². The Kier molecular flexibility index (Phi) is 4.81. The molecule has 2 fully saturated rings. The van der Waals surface area contributed by atoms with Gasteiger partial charge in [-0.1, -0.05) is 19.1 Å². The van der Waals surface area contributed by atoms with E-state index < -0.39 is 0 Å². The summed E-state index contributed by atoms with van der Waals surface area (Å²) in [7, 11) is 1.74. The molecule has 1 saturated carbocycles. The number of fused-ring (bicyclic) bond motifs is 2. The van der Waals surface area contributed by atoms with E-state index in [1.165, 1.54) is 37.8 Å². The van der Waals surface area contributed by atoms with Crippen LogP contribution in [0.5, 0.6) is 5.75 Å². The molecular formula is C18H28N2O. The number of hydrogen-bond acceptors (Lipinski definition) is 3. The lowest BCUT2D eigenvalue weighted by Crippen LogP contribution is -2.39. The van der Waals surface area contributed by atoms with Crippen LogP contribution in [0.3, 0.4) is 0 Å². The molecule has 21 heavy (non-hydrogen) atoms. The minimum atomic E-state index is 0.416. The zero-order chi connectivity index (χ0) is 14.7. The molecule has 0 radical (unpaired) electrons. The van der Waals surface area contributed by atoms with Crippen molar-refractivity contribution in [3.05, 3.63) is 29.8 Å². The van der Waals surface area contributed by atoms with Crippen molar-refractivity contribution in [1.29, 1.82) is 0 Å². The lowest BCUT2D eigenvalue weighted by atomic mass is 10.0. The van der Waals surface area contributed by atoms with Gasteiger partial charge >= 0.3 is 0 Å². The van der Waals surface area contributed by atoms with E-state index in [9.17, 15) is 0 Å². The highest BCUT2D eigenvalue weighted by Gasteiger charge is 2.38. The Morgan fingerprint density at radius 1 is 1.38 bits per heavy atom. The normalized spacial score (nSPS) is 26.2. The lowest BCUT2D eigenvalue weighted by Gasteiger charge is -2.31. The van der Waals surface area contributed by atoms with Crippen molar-refractivity contribution in [3.63, 3.8) is 0 Å². The Bertz CT molecular complexity index is 462. The first kappa shape index (κ1) is 14.9. The number of likely N-dealkylation sites (tertiary alicyclic amines) is 1. The smallest absolute Gasteiger partial charge is 0.119 e. The van der Waals surface area contributed by atoms with E-state index in [0.29, 0.717) is 6.04 Å². The quantitative estimate of drug-likeness (QED) is 0.834. The molecule has 0 amide bonds. The van der Waals surface area contributed by atoms with Crippen LogP contribution in [0.1, 0.15) is 44.2 Å². The second kappa shape index (κ2) is 6.80. The van der Waals surface area contributed by atoms with Gasteiger partial charge in [-0.25, -0.2) is 0 Å². The van der Waals surface area contributed by atoms with Gasteiger partial charge < -0.3 is 10.1 Å². The lowest BCUT2D eigenvalue weighted by molar-refractivity contribution is 0.191. The van der Waals surface area contributed by atoms with Gasteiger partial charge in [-0.15, -0.1) is 0 Å². The summed E-state index contributed by atoms with van der Waals surface area (Å²) in [4.78, 5) is 2.71. The highest BCUT2D eigenvalue weighted by atomic mass is 16.5. The van der Waals surface area contributed by atoms with Crippen LogP contribution in [-0.2, 0) is 0 Å². The fourth-order valence-electron chi connectivity index (χ4n) is 3.95. The summed E-state index contributed by atoms with van der Waals surface area (Å²) >= 11 is 0. The van der Waals surface area contributed by atoms with E-state index in [1.807, 2.05) is 6.07 Å². The highest BCUT2D eigenvalue weighted by Crippen LogP contribution is 2.38. The maximum absolute atomic E-state index is 5.39. The molecule has 3 atom stereocenters. The second-order valence-corrected chi connectivity index (χ2v) is 6.57. The van der Waals surface area contributed by atoms with Crippen molar-refractivity contribution in [2.24, 2.45) is 5.92 Å². The van der Waals surface area contributed by atoms with Crippen LogP contribution in [0.25, 0.3) is 0 Å². The Morgan fingerprint density at radius 3 is 2.95 bits per heavy atom. The molecule has 1 aliphatic heterocycles. The topological polar surface area (TPSA) is 24.5 Å². The van der Waals surface area contributed by atoms with Gasteiger partial charge in [-0.05, 0) is 55.8 Å². The molecular weight excluding hydrogens is 260 g/mol. The van der Waals surface area contributed by atoms with Crippen LogP contribution in [0.15, 0.2) is 24.3 Å². The Morgan fingerprint density at radius 2 is 2.29 bits per heavy atom. The number of nitrogens with one attached hydrogen (secondary N) is 1. The molecule has 1 aliphatic carbocycles. The third-order valence-corrected chi connectivity index (χ3v) is 5.08. The Labute approximate surface area is 128 Å². The number of nitrogens with zero attached hydrogens (tertiary/aromatic N) is 1. The summed E-state index contributed by atoms with van der Waals surface area (Å²) in [6.45, 7) is 5.74. The molecule has 3 unspecified atom stereocenters. The number of methoxy groups -OCH3 is 1. The van der Waals surface area contributed by atoms with Crippen molar-refractivity contribution in [2.45, 2.75) is 44.7 Å². The predicted octanol–water partition coefficient (Wildman–Crippen LogP) is 3.22. The van der Waals surface area contributed by atoms with Gasteiger partial charge in [0.15, 0.2) is 0 Å². The van der Waals surface area contributed by atoms with Gasteiger partial charge in [-0.3, -0.25) is 4.90 Å². The number of rotatable bonds is 7. The van der Waals surface area contributed by atoms with E-state index >= 15 is 0 Å². The zero-order valence-electron chi connectivity index (χ0n) is 13.3. The van der Waals surface area contributed by atoms with Crippen molar-refractivity contribution < 1.29 is 4.74 Å². The number of benzene rings is 1. The third kappa shape index (κ3) is 3.41. The summed E-state index contributed by atoms with van der Waals surface area (Å²) in [5.41, 5.74) is 1.35. The van der Waals surface area contributed by atoms with Crippen LogP contribution >= 0.6 is 0 Å². The fourth-order valence-corrected chi connectivity index (χ4v) is 3.95. The summed E-state index contributed by atoms with van der Waals surface area (Å²) in [6, 6.07) is 9.79. The van der Waals surface area contributed by atoms with E-state index in [-0.39, 0.29) is 0 Å². The average molecular weight is 288 g/mol. The van der Waals surface area contributed by atoms with E-state index in [2.05, 4.69) is 35.3 Å². The maximum atomic E-state index is 5.39. The number of hydrogen-bond donors (Lipinski definition) is 1. The molecule has 3 nitrogen and oxygen atoms in total. The van der Waals surface area contributed by atoms with Crippen LogP contribution in [0, 0.1) is 5.92 Å². The molecule has 1 aromatic carbocycles. The Hall–Kier alpha value is -1.06. The standard InChI is InChI=1S/C18H28N2O/c1-3-9-19-18(15-5-4-6-17(11-15)21-2)13-20-12-14-7-8-16(20)10-14/h4-6,11,14,16,18-19H,3,7-10,12-13H2,1-2H3. The molecule has 2 bridgehead atoms. The number of ether oxygens (including phenoxy) is 1. The van der Waals surface area contributed by atoms with Gasteiger partial charge in [0.25, 0.3) is 0 Å². The molecule has 1 heterocycles. The van der Waals surface area contributed by atoms with Crippen LogP contribution in [0.2, 0.25) is 0 Å². The SMILES string of the molecule is CCCNC(CN1CC2CCC1C2)c1cccc(OC)c1. The van der Waals surface area contributed by atoms with Gasteiger partial charge in [0.05, 0.1) is 7.11 Å². The molecule has 1 saturated heterocycles. The largest absolute Gasteiger partial charge is 0.497 e. The van der Waals surface area contributed by atoms with Gasteiger partial charge in [-0.2, -0.15) is 0 Å². The van der Waals surface area contributed by atoms with Crippen LogP contribution in [0.4, 0.5) is 0 Å². The molecule has 3 heteroatoms. The first-order chi connectivity index (χ1) is 10.3. The predicted molar refractivity (Wildman–Crippen MR) is 86.7 cm³/mol. The van der Waals surface area contributed by atoms with E-state index in [4.69, 9.17) is 4.74 Å². The molecule has 116 valence electrons. The summed E-state index contributed by atoms with van der Waals surface area (Å²) in [5, 5.41) is 3.73.